The van der Waals surface area contributed by atoms with Gasteiger partial charge in [0.1, 0.15) is 0 Å². The van der Waals surface area contributed by atoms with E-state index in [0.717, 1.165) is 47.0 Å². The fourth-order valence-corrected chi connectivity index (χ4v) is 5.18. The number of benzene rings is 3. The largest absolute Gasteiger partial charge is 0.495 e. The molecule has 1 saturated heterocycles. The summed E-state index contributed by atoms with van der Waals surface area (Å²) in [6.45, 7) is 10.4. The van der Waals surface area contributed by atoms with Gasteiger partial charge in [0, 0.05) is 41.8 Å². The van der Waals surface area contributed by atoms with E-state index in [9.17, 15) is 0 Å². The summed E-state index contributed by atoms with van der Waals surface area (Å²) in [6.07, 6.45) is 2.98. The van der Waals surface area contributed by atoms with Crippen molar-refractivity contribution >= 4 is 39.8 Å². The standard InChI is InChI=1S/C31H38BN3O2/c1-30(2)31(3,4)37-32(36-30)26-21-27(35(7)20-12-19-34(5)6)24-15-10-11-16-25(24)28(26)29-23-14-9-8-13-22(23)17-18-33-29/h8-11,13-18,21H,12,19-20H2,1-7H3. The Hall–Kier alpha value is -2.93. The lowest BCUT2D eigenvalue weighted by Crippen LogP contribution is -2.41. The molecule has 6 heteroatoms. The second-order valence-electron chi connectivity index (χ2n) is 11.5. The molecule has 0 atom stereocenters. The molecule has 3 aromatic carbocycles. The quantitative estimate of drug-likeness (QED) is 0.306. The van der Waals surface area contributed by atoms with Crippen molar-refractivity contribution in [3.05, 3.63) is 66.9 Å². The van der Waals surface area contributed by atoms with Crippen LogP contribution in [0.4, 0.5) is 5.69 Å². The van der Waals surface area contributed by atoms with Crippen molar-refractivity contribution in [1.82, 2.24) is 9.88 Å². The van der Waals surface area contributed by atoms with Crippen molar-refractivity contribution in [3.63, 3.8) is 0 Å². The van der Waals surface area contributed by atoms with Crippen LogP contribution in [-0.2, 0) is 9.31 Å². The Morgan fingerprint density at radius 3 is 2.08 bits per heavy atom. The van der Waals surface area contributed by atoms with Crippen molar-refractivity contribution < 1.29 is 9.31 Å². The molecule has 0 radical (unpaired) electrons. The summed E-state index contributed by atoms with van der Waals surface area (Å²) < 4.78 is 13.3. The van der Waals surface area contributed by atoms with E-state index in [1.807, 2.05) is 6.20 Å². The molecule has 37 heavy (non-hydrogen) atoms. The number of pyridine rings is 1. The monoisotopic (exact) mass is 495 g/mol. The lowest BCUT2D eigenvalue weighted by atomic mass is 9.72. The topological polar surface area (TPSA) is 37.8 Å². The van der Waals surface area contributed by atoms with E-state index in [1.165, 1.54) is 16.5 Å². The highest BCUT2D eigenvalue weighted by Crippen LogP contribution is 2.41. The Morgan fingerprint density at radius 1 is 0.784 bits per heavy atom. The minimum absolute atomic E-state index is 0.440. The third-order valence-corrected chi connectivity index (χ3v) is 7.98. The van der Waals surface area contributed by atoms with Crippen molar-refractivity contribution in [2.45, 2.75) is 45.3 Å². The molecule has 1 fully saturated rings. The third kappa shape index (κ3) is 4.74. The molecule has 4 aromatic rings. The molecule has 0 N–H and O–H groups in total. The molecular weight excluding hydrogens is 457 g/mol. The van der Waals surface area contributed by atoms with Gasteiger partial charge in [0.2, 0.25) is 0 Å². The number of hydrogen-bond acceptors (Lipinski definition) is 5. The average molecular weight is 495 g/mol. The van der Waals surface area contributed by atoms with Gasteiger partial charge in [-0.15, -0.1) is 0 Å². The molecule has 192 valence electrons. The van der Waals surface area contributed by atoms with Gasteiger partial charge in [0.25, 0.3) is 0 Å². The fourth-order valence-electron chi connectivity index (χ4n) is 5.18. The van der Waals surface area contributed by atoms with E-state index in [1.54, 1.807) is 0 Å². The molecule has 0 unspecified atom stereocenters. The van der Waals surface area contributed by atoms with Crippen LogP contribution in [-0.4, -0.2) is 62.4 Å². The Morgan fingerprint density at radius 2 is 1.41 bits per heavy atom. The molecule has 5 rings (SSSR count). The maximum absolute atomic E-state index is 6.65. The zero-order chi connectivity index (χ0) is 26.4. The van der Waals surface area contributed by atoms with E-state index in [4.69, 9.17) is 14.3 Å². The number of hydrogen-bond donors (Lipinski definition) is 0. The van der Waals surface area contributed by atoms with E-state index in [2.05, 4.69) is 119 Å². The minimum Gasteiger partial charge on any atom is -0.399 e. The predicted octanol–water partition coefficient (Wildman–Crippen LogP) is 5.74. The molecule has 0 amide bonds. The maximum atomic E-state index is 6.65. The third-order valence-electron chi connectivity index (χ3n) is 7.98. The molecule has 5 nitrogen and oxygen atoms in total. The smallest absolute Gasteiger partial charge is 0.399 e. The molecule has 1 aliphatic rings. The molecule has 1 aliphatic heterocycles. The molecule has 0 aliphatic carbocycles. The van der Waals surface area contributed by atoms with E-state index < -0.39 is 18.3 Å². The van der Waals surface area contributed by atoms with Gasteiger partial charge in [-0.25, -0.2) is 0 Å². The summed E-state index contributed by atoms with van der Waals surface area (Å²) in [4.78, 5) is 9.54. The molecule has 1 aromatic heterocycles. The lowest BCUT2D eigenvalue weighted by Gasteiger charge is -2.32. The van der Waals surface area contributed by atoms with Gasteiger partial charge in [-0.1, -0.05) is 48.5 Å². The predicted molar refractivity (Wildman–Crippen MR) is 157 cm³/mol. The zero-order valence-electron chi connectivity index (χ0n) is 23.2. The van der Waals surface area contributed by atoms with Crippen LogP contribution in [0.1, 0.15) is 34.1 Å². The number of fused-ring (bicyclic) bond motifs is 2. The van der Waals surface area contributed by atoms with Gasteiger partial charge in [0.05, 0.1) is 16.9 Å². The van der Waals surface area contributed by atoms with Crippen LogP contribution in [0.15, 0.2) is 66.9 Å². The highest BCUT2D eigenvalue weighted by atomic mass is 16.7. The highest BCUT2D eigenvalue weighted by Gasteiger charge is 2.52. The Kier molecular flexibility index (Phi) is 6.78. The lowest BCUT2D eigenvalue weighted by molar-refractivity contribution is 0.00578. The molecule has 0 bridgehead atoms. The van der Waals surface area contributed by atoms with Crippen molar-refractivity contribution in [2.75, 3.05) is 39.1 Å². The Balaban J connectivity index is 1.76. The summed E-state index contributed by atoms with van der Waals surface area (Å²) in [5.41, 5.74) is 3.37. The first-order valence-electron chi connectivity index (χ1n) is 13.2. The first kappa shape index (κ1) is 25.7. The molecule has 0 saturated carbocycles. The van der Waals surface area contributed by atoms with Crippen LogP contribution >= 0.6 is 0 Å². The second-order valence-corrected chi connectivity index (χ2v) is 11.5. The van der Waals surface area contributed by atoms with Crippen LogP contribution in [0, 0.1) is 0 Å². The van der Waals surface area contributed by atoms with Crippen LogP contribution < -0.4 is 10.4 Å². The minimum atomic E-state index is -0.501. The van der Waals surface area contributed by atoms with Gasteiger partial charge in [-0.3, -0.25) is 4.98 Å². The first-order chi connectivity index (χ1) is 17.6. The fraction of sp³-hybridized carbons (Fsp3) is 0.387. The van der Waals surface area contributed by atoms with Crippen LogP contribution in [0.2, 0.25) is 0 Å². The Bertz CT molecular complexity index is 1410. The maximum Gasteiger partial charge on any atom is 0.495 e. The molecule has 0 spiro atoms. The highest BCUT2D eigenvalue weighted by molar-refractivity contribution is 6.65. The van der Waals surface area contributed by atoms with Crippen molar-refractivity contribution in [3.8, 4) is 11.3 Å². The van der Waals surface area contributed by atoms with Gasteiger partial charge in [0.15, 0.2) is 0 Å². The normalized spacial score (nSPS) is 16.7. The van der Waals surface area contributed by atoms with Gasteiger partial charge >= 0.3 is 7.12 Å². The van der Waals surface area contributed by atoms with Gasteiger partial charge in [-0.2, -0.15) is 0 Å². The van der Waals surface area contributed by atoms with E-state index in [0.29, 0.717) is 0 Å². The summed E-state index contributed by atoms with van der Waals surface area (Å²) in [5, 5.41) is 4.66. The van der Waals surface area contributed by atoms with Crippen molar-refractivity contribution in [2.24, 2.45) is 0 Å². The summed E-state index contributed by atoms with van der Waals surface area (Å²) in [5.74, 6) is 0. The SMILES string of the molecule is CN(C)CCCN(C)c1cc(B2OC(C)(C)C(C)(C)O2)c(-c2nccc3ccccc23)c2ccccc12. The molecular formula is C31H38BN3O2. The van der Waals surface area contributed by atoms with E-state index in [-0.39, 0.29) is 0 Å². The second kappa shape index (κ2) is 9.75. The first-order valence-corrected chi connectivity index (χ1v) is 13.2. The zero-order valence-corrected chi connectivity index (χ0v) is 23.2. The number of anilines is 1. The molecule has 2 heterocycles. The van der Waals surface area contributed by atoms with Crippen LogP contribution in [0.5, 0.6) is 0 Å². The number of aromatic nitrogens is 1. The average Bonchev–Trinajstić information content (AvgIpc) is 3.08. The van der Waals surface area contributed by atoms with Crippen LogP contribution in [0.25, 0.3) is 32.8 Å². The van der Waals surface area contributed by atoms with E-state index >= 15 is 0 Å². The van der Waals surface area contributed by atoms with Crippen molar-refractivity contribution in [1.29, 1.82) is 0 Å². The van der Waals surface area contributed by atoms with Crippen LogP contribution in [0.3, 0.4) is 0 Å². The van der Waals surface area contributed by atoms with Gasteiger partial charge in [-0.05, 0) is 83.1 Å². The van der Waals surface area contributed by atoms with Gasteiger partial charge < -0.3 is 19.1 Å². The number of rotatable bonds is 7. The summed E-state index contributed by atoms with van der Waals surface area (Å²) >= 11 is 0. The summed E-state index contributed by atoms with van der Waals surface area (Å²) in [7, 11) is 5.93. The Labute approximate surface area is 221 Å². The summed E-state index contributed by atoms with van der Waals surface area (Å²) in [6, 6.07) is 21.5. The number of nitrogens with zero attached hydrogens (tertiary/aromatic N) is 3.